The van der Waals surface area contributed by atoms with E-state index in [0.29, 0.717) is 23.5 Å². The monoisotopic (exact) mass is 461 g/mol. The van der Waals surface area contributed by atoms with Crippen molar-refractivity contribution in [3.63, 3.8) is 0 Å². The fraction of sp³-hybridized carbons (Fsp3) is 0.381. The van der Waals surface area contributed by atoms with Crippen molar-refractivity contribution in [2.75, 3.05) is 18.6 Å². The van der Waals surface area contributed by atoms with Crippen LogP contribution in [0.2, 0.25) is 0 Å². The molecule has 1 atom stereocenters. The van der Waals surface area contributed by atoms with Gasteiger partial charge in [-0.15, -0.1) is 10.2 Å². The number of hydrogen-bond donors (Lipinski definition) is 2. The Kier molecular flexibility index (Phi) is 7.69. The molecule has 0 aliphatic carbocycles. The van der Waals surface area contributed by atoms with Gasteiger partial charge < -0.3 is 5.32 Å². The molecule has 0 saturated carbocycles. The van der Waals surface area contributed by atoms with Crippen LogP contribution in [0.3, 0.4) is 0 Å². The third-order valence-corrected chi connectivity index (χ3v) is 7.12. The zero-order valence-corrected chi connectivity index (χ0v) is 19.5. The van der Waals surface area contributed by atoms with Gasteiger partial charge >= 0.3 is 0 Å². The molecule has 0 aliphatic heterocycles. The minimum absolute atomic E-state index is 0.0113. The molecule has 0 saturated heterocycles. The van der Waals surface area contributed by atoms with Gasteiger partial charge in [-0.2, -0.15) is 11.8 Å². The Bertz CT molecular complexity index is 1160. The van der Waals surface area contributed by atoms with Crippen LogP contribution in [0.25, 0.3) is 5.65 Å². The average Bonchev–Trinajstić information content (AvgIpc) is 3.16. The van der Waals surface area contributed by atoms with Crippen LogP contribution in [-0.2, 0) is 14.8 Å². The number of hydrogen-bond acceptors (Lipinski definition) is 6. The highest BCUT2D eigenvalue weighted by atomic mass is 32.2. The van der Waals surface area contributed by atoms with Gasteiger partial charge in [0.25, 0.3) is 0 Å². The Morgan fingerprint density at radius 2 is 2.00 bits per heavy atom. The van der Waals surface area contributed by atoms with Crippen molar-refractivity contribution in [2.45, 2.75) is 37.6 Å². The highest BCUT2D eigenvalue weighted by molar-refractivity contribution is 7.98. The summed E-state index contributed by atoms with van der Waals surface area (Å²) < 4.78 is 29.6. The molecule has 3 rings (SSSR count). The van der Waals surface area contributed by atoms with E-state index in [1.165, 1.54) is 0 Å². The van der Waals surface area contributed by atoms with Crippen LogP contribution in [0.1, 0.15) is 35.8 Å². The number of thioether (sulfide) groups is 1. The number of fused-ring (bicyclic) bond motifs is 1. The summed E-state index contributed by atoms with van der Waals surface area (Å²) in [5.74, 6) is 1.25. The Morgan fingerprint density at radius 3 is 2.77 bits per heavy atom. The van der Waals surface area contributed by atoms with Gasteiger partial charge in [0.1, 0.15) is 0 Å². The normalized spacial score (nSPS) is 12.7. The van der Waals surface area contributed by atoms with Gasteiger partial charge in [-0.3, -0.25) is 9.20 Å². The first kappa shape index (κ1) is 23.2. The lowest BCUT2D eigenvalue weighted by molar-refractivity contribution is -0.121. The van der Waals surface area contributed by atoms with E-state index in [0.717, 1.165) is 11.3 Å². The summed E-state index contributed by atoms with van der Waals surface area (Å²) in [6.45, 7) is 3.60. The number of amides is 1. The molecule has 2 heterocycles. The molecule has 1 unspecified atom stereocenters. The molecule has 1 aromatic carbocycles. The number of aromatic nitrogens is 3. The molecule has 31 heavy (non-hydrogen) atoms. The van der Waals surface area contributed by atoms with Gasteiger partial charge in [0.05, 0.1) is 10.9 Å². The lowest BCUT2D eigenvalue weighted by Gasteiger charge is -2.17. The third kappa shape index (κ3) is 5.84. The Labute approximate surface area is 186 Å². The molecular formula is C21H27N5O3S2. The van der Waals surface area contributed by atoms with Crippen molar-refractivity contribution in [2.24, 2.45) is 0 Å². The molecule has 0 fully saturated rings. The largest absolute Gasteiger partial charge is 0.346 e. The number of carbonyl (C=O) groups excluding carboxylic acids is 1. The number of aryl methyl sites for hydroxylation is 2. The van der Waals surface area contributed by atoms with E-state index in [4.69, 9.17) is 0 Å². The van der Waals surface area contributed by atoms with E-state index in [2.05, 4.69) is 20.2 Å². The first-order valence-corrected chi connectivity index (χ1v) is 12.8. The molecule has 0 aliphatic rings. The fourth-order valence-corrected chi connectivity index (χ4v) is 5.07. The molecule has 0 bridgehead atoms. The van der Waals surface area contributed by atoms with Gasteiger partial charge in [-0.25, -0.2) is 13.1 Å². The average molecular weight is 462 g/mol. The van der Waals surface area contributed by atoms with Gasteiger partial charge in [-0.05, 0) is 61.6 Å². The molecule has 3 aromatic rings. The van der Waals surface area contributed by atoms with Crippen molar-refractivity contribution in [1.82, 2.24) is 24.6 Å². The highest BCUT2D eigenvalue weighted by Crippen LogP contribution is 2.19. The topological polar surface area (TPSA) is 105 Å². The predicted octanol–water partition coefficient (Wildman–Crippen LogP) is 2.63. The molecule has 0 radical (unpaired) electrons. The summed E-state index contributed by atoms with van der Waals surface area (Å²) in [6.07, 6.45) is 4.58. The quantitative estimate of drug-likeness (QED) is 0.481. The van der Waals surface area contributed by atoms with E-state index in [1.54, 1.807) is 30.8 Å². The summed E-state index contributed by atoms with van der Waals surface area (Å²) in [6, 6.07) is 10.6. The van der Waals surface area contributed by atoms with E-state index in [-0.39, 0.29) is 29.8 Å². The van der Waals surface area contributed by atoms with Crippen LogP contribution in [0.4, 0.5) is 0 Å². The molecule has 166 valence electrons. The lowest BCUT2D eigenvalue weighted by atomic mass is 10.2. The maximum Gasteiger partial charge on any atom is 0.240 e. The molecule has 0 spiro atoms. The number of nitrogens with zero attached hydrogens (tertiary/aromatic N) is 3. The number of nitrogens with one attached hydrogen (secondary N) is 2. The summed E-state index contributed by atoms with van der Waals surface area (Å²) in [5, 5.41) is 11.4. The minimum Gasteiger partial charge on any atom is -0.346 e. The number of rotatable bonds is 10. The van der Waals surface area contributed by atoms with Crippen molar-refractivity contribution < 1.29 is 13.2 Å². The molecular weight excluding hydrogens is 434 g/mol. The van der Waals surface area contributed by atoms with Crippen LogP contribution in [0.15, 0.2) is 47.5 Å². The zero-order chi connectivity index (χ0) is 22.4. The molecule has 1 amide bonds. The maximum absolute atomic E-state index is 12.6. The van der Waals surface area contributed by atoms with E-state index in [9.17, 15) is 13.2 Å². The third-order valence-electron chi connectivity index (χ3n) is 4.87. The Morgan fingerprint density at radius 1 is 1.19 bits per heavy atom. The van der Waals surface area contributed by atoms with Crippen LogP contribution >= 0.6 is 11.8 Å². The SMILES string of the molecule is CSCCC(NC(=O)CCNS(=O)(=O)c1cc(C)ccc1C)c1nnc2ccccn12. The van der Waals surface area contributed by atoms with E-state index in [1.807, 2.05) is 48.0 Å². The number of sulfonamides is 1. The van der Waals surface area contributed by atoms with Gasteiger partial charge in [0, 0.05) is 19.2 Å². The van der Waals surface area contributed by atoms with Gasteiger partial charge in [-0.1, -0.05) is 18.2 Å². The summed E-state index contributed by atoms with van der Waals surface area (Å²) >= 11 is 1.68. The van der Waals surface area contributed by atoms with Gasteiger partial charge in [0.2, 0.25) is 15.9 Å². The van der Waals surface area contributed by atoms with Crippen molar-refractivity contribution in [1.29, 1.82) is 0 Å². The standard InChI is InChI=1S/C21H27N5O3S2/c1-15-7-8-16(2)18(14-15)31(28,29)22-11-9-20(27)23-17(10-13-30-3)21-25-24-19-6-4-5-12-26(19)21/h4-8,12,14,17,22H,9-11,13H2,1-3H3,(H,23,27). The summed E-state index contributed by atoms with van der Waals surface area (Å²) in [4.78, 5) is 12.8. The second-order valence-electron chi connectivity index (χ2n) is 7.31. The first-order chi connectivity index (χ1) is 14.8. The lowest BCUT2D eigenvalue weighted by Crippen LogP contribution is -2.34. The Hall–Kier alpha value is -2.43. The molecule has 10 heteroatoms. The van der Waals surface area contributed by atoms with Crippen LogP contribution < -0.4 is 10.0 Å². The highest BCUT2D eigenvalue weighted by Gasteiger charge is 2.21. The van der Waals surface area contributed by atoms with Crippen LogP contribution in [0, 0.1) is 13.8 Å². The maximum atomic E-state index is 12.6. The van der Waals surface area contributed by atoms with E-state index >= 15 is 0 Å². The van der Waals surface area contributed by atoms with E-state index < -0.39 is 10.0 Å². The second kappa shape index (κ2) is 10.3. The smallest absolute Gasteiger partial charge is 0.240 e. The molecule has 2 aromatic heterocycles. The summed E-state index contributed by atoms with van der Waals surface area (Å²) in [5.41, 5.74) is 2.24. The Balaban J connectivity index is 1.64. The predicted molar refractivity (Wildman–Crippen MR) is 123 cm³/mol. The minimum atomic E-state index is -3.68. The van der Waals surface area contributed by atoms with Crippen LogP contribution in [0.5, 0.6) is 0 Å². The fourth-order valence-electron chi connectivity index (χ4n) is 3.24. The number of pyridine rings is 1. The van der Waals surface area contributed by atoms with Crippen molar-refractivity contribution in [3.8, 4) is 0 Å². The van der Waals surface area contributed by atoms with Crippen molar-refractivity contribution in [3.05, 3.63) is 59.5 Å². The number of carbonyl (C=O) groups is 1. The zero-order valence-electron chi connectivity index (χ0n) is 17.8. The van der Waals surface area contributed by atoms with Gasteiger partial charge in [0.15, 0.2) is 11.5 Å². The molecule has 8 nitrogen and oxygen atoms in total. The second-order valence-corrected chi connectivity index (χ2v) is 10.0. The van der Waals surface area contributed by atoms with Crippen LogP contribution in [-0.4, -0.2) is 47.5 Å². The molecule has 2 N–H and O–H groups in total. The first-order valence-electron chi connectivity index (χ1n) is 9.96. The summed E-state index contributed by atoms with van der Waals surface area (Å²) in [7, 11) is -3.68. The van der Waals surface area contributed by atoms with Crippen molar-refractivity contribution >= 4 is 33.3 Å². The number of benzene rings is 1.